The summed E-state index contributed by atoms with van der Waals surface area (Å²) in [5.41, 5.74) is 18.8. The van der Waals surface area contributed by atoms with Gasteiger partial charge < -0.3 is 40.3 Å². The van der Waals surface area contributed by atoms with Gasteiger partial charge >= 0.3 is 29.8 Å². The van der Waals surface area contributed by atoms with Crippen LogP contribution in [0.3, 0.4) is 0 Å². The van der Waals surface area contributed by atoms with Gasteiger partial charge in [0, 0.05) is 186 Å². The number of hydrogen-bond acceptors (Lipinski definition) is 33. The van der Waals surface area contributed by atoms with Crippen molar-refractivity contribution in [3.8, 4) is 29.4 Å². The summed E-state index contributed by atoms with van der Waals surface area (Å²) < 4.78 is 24.8. The molecule has 0 unspecified atom stereocenters. The molecule has 0 amide bonds. The average Bonchev–Trinajstić information content (AvgIpc) is 0.863. The SMILES string of the molecule is CC(=O)Oc1cc(C)nc(SCc2c(C)cncc2Cl)n1.CC(=O)Oc1cc(C)nc(SCc2c(Cl)cncc2Cl)n1.Cc1cc(OC(=O)CN)nc(SCc2c(Cl)cncc2Cl)n1.Cc1cc(OC(=O)CN)nc(SCc2c(Cl)cncc2Cl)n1.Cc1cc(OC(=O)CO)nc(SCc2c(Cl)cncc2Cl)n1. The third kappa shape index (κ3) is 31.2. The second-order valence-electron chi connectivity index (χ2n) is 21.0. The Morgan fingerprint density at radius 2 is 0.528 bits per heavy atom. The Kier molecular flexibility index (Phi) is 38.0. The number of aliphatic hydroxyl groups excluding tert-OH is 1. The molecular formula is C66H60Cl9N17O11S5. The first-order valence-electron chi connectivity index (χ1n) is 30.5. The van der Waals surface area contributed by atoms with Crippen molar-refractivity contribution in [1.29, 1.82) is 0 Å². The summed E-state index contributed by atoms with van der Waals surface area (Å²) in [5, 5.41) is 15.4. The molecule has 0 spiro atoms. The van der Waals surface area contributed by atoms with Gasteiger partial charge in [-0.3, -0.25) is 44.1 Å². The first-order valence-corrected chi connectivity index (χ1v) is 38.8. The molecule has 0 saturated carbocycles. The maximum Gasteiger partial charge on any atom is 0.338 e. The lowest BCUT2D eigenvalue weighted by molar-refractivity contribution is -0.138. The molecule has 0 aliphatic rings. The van der Waals surface area contributed by atoms with Crippen LogP contribution in [0, 0.1) is 41.5 Å². The summed E-state index contributed by atoms with van der Waals surface area (Å²) in [6, 6.07) is 7.84. The van der Waals surface area contributed by atoms with Gasteiger partial charge in [-0.25, -0.2) is 29.7 Å². The van der Waals surface area contributed by atoms with Crippen molar-refractivity contribution in [3.05, 3.63) is 199 Å². The average molecular weight is 1750 g/mol. The quantitative estimate of drug-likeness (QED) is 0.0304. The minimum absolute atomic E-state index is 0.0842. The molecule has 568 valence electrons. The van der Waals surface area contributed by atoms with Gasteiger partial charge in [0.15, 0.2) is 25.8 Å². The molecule has 108 heavy (non-hydrogen) atoms. The fourth-order valence-corrected chi connectivity index (χ4v) is 15.4. The second-order valence-corrected chi connectivity index (χ2v) is 29.4. The van der Waals surface area contributed by atoms with Crippen LogP contribution in [0.25, 0.3) is 0 Å². The van der Waals surface area contributed by atoms with Crippen LogP contribution in [0.15, 0.2) is 118 Å². The van der Waals surface area contributed by atoms with E-state index in [4.69, 9.17) is 145 Å². The topological polar surface area (TPSA) is 397 Å². The van der Waals surface area contributed by atoms with E-state index in [0.29, 0.717) is 123 Å². The van der Waals surface area contributed by atoms with Crippen molar-refractivity contribution in [2.45, 2.75) is 110 Å². The largest absolute Gasteiger partial charge is 0.407 e. The summed E-state index contributed by atoms with van der Waals surface area (Å²) in [4.78, 5) is 117. The van der Waals surface area contributed by atoms with Gasteiger partial charge in [0.05, 0.1) is 58.3 Å². The standard InChI is InChI=1S/C14H14ClN3O2S.2C13H12Cl2N4O2S.C13H11Cl2N3O3S.C13H11Cl2N3O2S/c1-8-5-16-6-12(15)11(8)7-21-14-17-9(2)4-13(18-14)20-10(3)19;2*1-7-2-11(21-12(20)3-16)19-13(18-7)22-6-8-9(14)4-17-5-10(8)15;1-7-2-11(21-12(20)5-19)18-13(17-7)22-6-8-9(14)3-16-4-10(8)15;1-7-3-12(20-8(2)19)18-13(17-7)21-6-9-10(14)4-16-5-11(9)15/h4-6H,7H2,1-3H3;2*2,4-5H,3,6,16H2,1H3;2-4,19H,5-6H2,1H3;3-5H,6H2,1-2H3. The third-order valence-electron chi connectivity index (χ3n) is 12.4. The number of ether oxygens (including phenoxy) is 5. The van der Waals surface area contributed by atoms with E-state index in [9.17, 15) is 24.0 Å². The Morgan fingerprint density at radius 3 is 0.741 bits per heavy atom. The van der Waals surface area contributed by atoms with Crippen LogP contribution in [-0.4, -0.2) is 129 Å². The van der Waals surface area contributed by atoms with Crippen LogP contribution in [-0.2, 0) is 52.7 Å². The fourth-order valence-electron chi connectivity index (χ4n) is 7.64. The van der Waals surface area contributed by atoms with Crippen molar-refractivity contribution < 1.29 is 52.8 Å². The normalized spacial score (nSPS) is 10.5. The molecule has 0 atom stereocenters. The minimum Gasteiger partial charge on any atom is -0.407 e. The van der Waals surface area contributed by atoms with Crippen LogP contribution >= 0.6 is 163 Å². The smallest absolute Gasteiger partial charge is 0.338 e. The lowest BCUT2D eigenvalue weighted by Gasteiger charge is -2.08. The lowest BCUT2D eigenvalue weighted by Crippen LogP contribution is -2.20. The third-order valence-corrected chi connectivity index (χ3v) is 19.7. The number of thioether (sulfide) groups is 5. The van der Waals surface area contributed by atoms with Crippen molar-refractivity contribution in [3.63, 3.8) is 0 Å². The number of carbonyl (C=O) groups excluding carboxylic acids is 5. The van der Waals surface area contributed by atoms with Gasteiger partial charge in [-0.15, -0.1) is 0 Å². The molecule has 5 N–H and O–H groups in total. The maximum absolute atomic E-state index is 11.2. The van der Waals surface area contributed by atoms with Crippen LogP contribution in [0.2, 0.25) is 45.2 Å². The summed E-state index contributed by atoms with van der Waals surface area (Å²) in [6.07, 6.45) is 15.6. The Labute approximate surface area is 684 Å². The molecule has 0 aliphatic heterocycles. The number of nitrogens with zero attached hydrogens (tertiary/aromatic N) is 15. The number of nitrogens with two attached hydrogens (primary N) is 2. The summed E-state index contributed by atoms with van der Waals surface area (Å²) in [6.45, 7) is 12.4. The molecule has 0 aromatic carbocycles. The lowest BCUT2D eigenvalue weighted by atomic mass is 10.2. The molecule has 10 heterocycles. The van der Waals surface area contributed by atoms with E-state index in [1.165, 1.54) is 128 Å². The number of halogens is 9. The van der Waals surface area contributed by atoms with Gasteiger partial charge in [-0.2, -0.15) is 24.9 Å². The highest BCUT2D eigenvalue weighted by molar-refractivity contribution is 7.99. The van der Waals surface area contributed by atoms with Crippen molar-refractivity contribution in [1.82, 2.24) is 74.8 Å². The predicted molar refractivity (Wildman–Crippen MR) is 417 cm³/mol. The number of aryl methyl sites for hydroxylation is 6. The molecule has 0 radical (unpaired) electrons. The van der Waals surface area contributed by atoms with Gasteiger partial charge in [-0.1, -0.05) is 163 Å². The number of carbonyl (C=O) groups is 5. The van der Waals surface area contributed by atoms with E-state index < -0.39 is 36.5 Å². The van der Waals surface area contributed by atoms with Crippen LogP contribution < -0.4 is 35.2 Å². The van der Waals surface area contributed by atoms with E-state index in [2.05, 4.69) is 74.8 Å². The monoisotopic (exact) mass is 1740 g/mol. The number of pyridine rings is 5. The highest BCUT2D eigenvalue weighted by atomic mass is 35.5. The van der Waals surface area contributed by atoms with Crippen molar-refractivity contribution >= 4 is 193 Å². The molecule has 0 saturated heterocycles. The molecule has 10 rings (SSSR count). The zero-order valence-corrected chi connectivity index (χ0v) is 68.5. The molecule has 0 fully saturated rings. The number of aliphatic hydroxyl groups is 1. The fraction of sp³-hybridized carbons (Fsp3) is 0.242. The molecule has 0 bridgehead atoms. The molecule has 28 nitrogen and oxygen atoms in total. The maximum atomic E-state index is 11.2. The predicted octanol–water partition coefficient (Wildman–Crippen LogP) is 15.0. The Morgan fingerprint density at radius 1 is 0.324 bits per heavy atom. The van der Waals surface area contributed by atoms with Crippen LogP contribution in [0.4, 0.5) is 0 Å². The Balaban J connectivity index is 0.000000211. The second kappa shape index (κ2) is 45.8. The van der Waals surface area contributed by atoms with Crippen LogP contribution in [0.5, 0.6) is 29.4 Å². The van der Waals surface area contributed by atoms with E-state index in [1.54, 1.807) is 64.4 Å². The highest BCUT2D eigenvalue weighted by Gasteiger charge is 2.18. The van der Waals surface area contributed by atoms with Crippen molar-refractivity contribution in [2.75, 3.05) is 19.7 Å². The summed E-state index contributed by atoms with van der Waals surface area (Å²) in [7, 11) is 0. The summed E-state index contributed by atoms with van der Waals surface area (Å²) in [5.74, 6) is 0.646. The first-order chi connectivity index (χ1) is 51.4. The van der Waals surface area contributed by atoms with E-state index in [0.717, 1.165) is 39.1 Å². The van der Waals surface area contributed by atoms with Gasteiger partial charge in [-0.05, 0) is 52.7 Å². The van der Waals surface area contributed by atoms with E-state index in [-0.39, 0.29) is 42.5 Å². The molecular weight excluding hydrogens is 1690 g/mol. The number of rotatable bonds is 23. The Hall–Kier alpha value is -7.26. The summed E-state index contributed by atoms with van der Waals surface area (Å²) >= 11 is 61.3. The Bertz CT molecular complexity index is 4330. The zero-order chi connectivity index (χ0) is 79.1. The number of esters is 5. The van der Waals surface area contributed by atoms with Gasteiger partial charge in [0.1, 0.15) is 6.61 Å². The zero-order valence-electron chi connectivity index (χ0n) is 57.7. The molecule has 42 heteroatoms. The van der Waals surface area contributed by atoms with Crippen molar-refractivity contribution in [2.24, 2.45) is 11.5 Å². The minimum atomic E-state index is -0.783. The first kappa shape index (κ1) is 89.6. The number of aromatic nitrogens is 15. The van der Waals surface area contributed by atoms with E-state index in [1.807, 2.05) is 13.8 Å². The molecule has 10 aromatic heterocycles. The molecule has 0 aliphatic carbocycles. The van der Waals surface area contributed by atoms with Gasteiger partial charge in [0.25, 0.3) is 0 Å². The van der Waals surface area contributed by atoms with E-state index >= 15 is 0 Å². The van der Waals surface area contributed by atoms with Gasteiger partial charge in [0.2, 0.25) is 29.4 Å². The molecule has 10 aromatic rings. The number of hydrogen-bond donors (Lipinski definition) is 3. The highest BCUT2D eigenvalue weighted by Crippen LogP contribution is 2.35. The van der Waals surface area contributed by atoms with Crippen LogP contribution in [0.1, 0.15) is 75.7 Å².